The van der Waals surface area contributed by atoms with Crippen LogP contribution < -0.4 is 5.32 Å². The lowest BCUT2D eigenvalue weighted by molar-refractivity contribution is -0.113. The molecule has 0 bridgehead atoms. The third-order valence-corrected chi connectivity index (χ3v) is 5.48. The molecule has 26 heavy (non-hydrogen) atoms. The summed E-state index contributed by atoms with van der Waals surface area (Å²) in [4.78, 5) is 12.6. The summed E-state index contributed by atoms with van der Waals surface area (Å²) in [6, 6.07) is 3.77. The molecule has 1 aliphatic heterocycles. The fourth-order valence-corrected chi connectivity index (χ4v) is 3.56. The van der Waals surface area contributed by atoms with E-state index in [1.165, 1.54) is 0 Å². The SMILES string of the molecule is CN1CC(C(=O)Nc2ccc3c(nnn3CC(C)(C)C)c2Br)=C(Cl)N1C. The Labute approximate surface area is 166 Å². The molecule has 7 nitrogen and oxygen atoms in total. The van der Waals surface area contributed by atoms with Crippen molar-refractivity contribution in [1.29, 1.82) is 0 Å². The van der Waals surface area contributed by atoms with Crippen LogP contribution in [0.15, 0.2) is 27.3 Å². The molecule has 1 N–H and O–H groups in total. The Morgan fingerprint density at radius 1 is 1.35 bits per heavy atom. The molecule has 0 aliphatic carbocycles. The van der Waals surface area contributed by atoms with Gasteiger partial charge >= 0.3 is 0 Å². The predicted octanol–water partition coefficient (Wildman–Crippen LogP) is 3.42. The summed E-state index contributed by atoms with van der Waals surface area (Å²) >= 11 is 9.80. The van der Waals surface area contributed by atoms with Gasteiger partial charge in [0.25, 0.3) is 5.91 Å². The van der Waals surface area contributed by atoms with Gasteiger partial charge in [-0.1, -0.05) is 37.6 Å². The average molecular weight is 442 g/mol. The van der Waals surface area contributed by atoms with Crippen molar-refractivity contribution in [2.75, 3.05) is 26.0 Å². The second kappa shape index (κ2) is 6.83. The molecule has 0 atom stereocenters. The van der Waals surface area contributed by atoms with Crippen LogP contribution in [-0.4, -0.2) is 51.6 Å². The van der Waals surface area contributed by atoms with Crippen LogP contribution in [0.2, 0.25) is 0 Å². The molecule has 3 rings (SSSR count). The van der Waals surface area contributed by atoms with Crippen LogP contribution in [0.1, 0.15) is 20.8 Å². The highest BCUT2D eigenvalue weighted by Gasteiger charge is 2.28. The van der Waals surface area contributed by atoms with Crippen LogP contribution in [0.5, 0.6) is 0 Å². The first kappa shape index (κ1) is 19.1. The molecule has 140 valence electrons. The van der Waals surface area contributed by atoms with Gasteiger partial charge in [0.05, 0.1) is 27.8 Å². The summed E-state index contributed by atoms with van der Waals surface area (Å²) in [7, 11) is 3.69. The molecule has 1 amide bonds. The zero-order valence-electron chi connectivity index (χ0n) is 15.5. The van der Waals surface area contributed by atoms with E-state index in [9.17, 15) is 4.79 Å². The largest absolute Gasteiger partial charge is 0.321 e. The molecule has 2 heterocycles. The highest BCUT2D eigenvalue weighted by atomic mass is 79.9. The van der Waals surface area contributed by atoms with Crippen molar-refractivity contribution in [3.63, 3.8) is 0 Å². The Bertz CT molecular complexity index is 901. The smallest absolute Gasteiger partial charge is 0.256 e. The molecule has 1 aromatic heterocycles. The van der Waals surface area contributed by atoms with Gasteiger partial charge in [-0.3, -0.25) is 9.80 Å². The van der Waals surface area contributed by atoms with Crippen molar-refractivity contribution >= 4 is 50.2 Å². The maximum absolute atomic E-state index is 12.6. The lowest BCUT2D eigenvalue weighted by atomic mass is 9.97. The second-order valence-corrected chi connectivity index (χ2v) is 8.82. The Morgan fingerprint density at radius 3 is 2.62 bits per heavy atom. The first-order valence-electron chi connectivity index (χ1n) is 8.25. The van der Waals surface area contributed by atoms with Gasteiger partial charge in [-0.05, 0) is 33.5 Å². The van der Waals surface area contributed by atoms with E-state index in [4.69, 9.17) is 11.6 Å². The van der Waals surface area contributed by atoms with E-state index in [0.29, 0.717) is 33.0 Å². The predicted molar refractivity (Wildman–Crippen MR) is 107 cm³/mol. The first-order valence-corrected chi connectivity index (χ1v) is 9.42. The summed E-state index contributed by atoms with van der Waals surface area (Å²) in [6.07, 6.45) is 0. The van der Waals surface area contributed by atoms with Gasteiger partial charge in [-0.15, -0.1) is 5.10 Å². The summed E-state index contributed by atoms with van der Waals surface area (Å²) in [5.74, 6) is -0.228. The molecule has 9 heteroatoms. The third kappa shape index (κ3) is 3.58. The van der Waals surface area contributed by atoms with Crippen LogP contribution in [-0.2, 0) is 11.3 Å². The number of hydrogen-bond donors (Lipinski definition) is 1. The molecule has 2 aromatic rings. The van der Waals surface area contributed by atoms with Crippen LogP contribution in [0.4, 0.5) is 5.69 Å². The van der Waals surface area contributed by atoms with Crippen molar-refractivity contribution in [3.8, 4) is 0 Å². The molecule has 1 aromatic carbocycles. The van der Waals surface area contributed by atoms with Crippen LogP contribution >= 0.6 is 27.5 Å². The van der Waals surface area contributed by atoms with Crippen LogP contribution in [0.3, 0.4) is 0 Å². The highest BCUT2D eigenvalue weighted by molar-refractivity contribution is 9.10. The normalized spacial score (nSPS) is 16.0. The number of amides is 1. The van der Waals surface area contributed by atoms with E-state index in [2.05, 4.69) is 52.3 Å². The molecule has 0 saturated carbocycles. The lowest BCUT2D eigenvalue weighted by Gasteiger charge is -2.20. The van der Waals surface area contributed by atoms with Gasteiger partial charge in [0.15, 0.2) is 0 Å². The van der Waals surface area contributed by atoms with Gasteiger partial charge < -0.3 is 5.32 Å². The minimum atomic E-state index is -0.228. The van der Waals surface area contributed by atoms with Gasteiger partial charge in [0.1, 0.15) is 10.7 Å². The quantitative estimate of drug-likeness (QED) is 0.739. The summed E-state index contributed by atoms with van der Waals surface area (Å²) in [5, 5.41) is 15.5. The van der Waals surface area contributed by atoms with Crippen molar-refractivity contribution < 1.29 is 4.79 Å². The lowest BCUT2D eigenvalue weighted by Crippen LogP contribution is -2.29. The molecule has 0 saturated heterocycles. The number of likely N-dealkylation sites (N-methyl/N-ethyl adjacent to an activating group) is 1. The molecule has 1 aliphatic rings. The topological polar surface area (TPSA) is 66.3 Å². The van der Waals surface area contributed by atoms with Crippen molar-refractivity contribution in [3.05, 3.63) is 27.3 Å². The van der Waals surface area contributed by atoms with Crippen molar-refractivity contribution in [2.24, 2.45) is 5.41 Å². The molecular formula is C17H22BrClN6O. The number of aromatic nitrogens is 3. The van der Waals surface area contributed by atoms with Crippen molar-refractivity contribution in [2.45, 2.75) is 27.3 Å². The third-order valence-electron chi connectivity index (χ3n) is 4.20. The van der Waals surface area contributed by atoms with E-state index in [-0.39, 0.29) is 11.3 Å². The molecule has 0 spiro atoms. The van der Waals surface area contributed by atoms with E-state index in [0.717, 1.165) is 12.1 Å². The number of fused-ring (bicyclic) bond motifs is 1. The first-order chi connectivity index (χ1) is 12.1. The molecule has 0 radical (unpaired) electrons. The second-order valence-electron chi connectivity index (χ2n) is 7.67. The fourth-order valence-electron chi connectivity index (χ4n) is 2.78. The van der Waals surface area contributed by atoms with Gasteiger partial charge in [-0.25, -0.2) is 9.69 Å². The number of nitrogens with zero attached hydrogens (tertiary/aromatic N) is 5. The number of rotatable bonds is 3. The van der Waals surface area contributed by atoms with Crippen LogP contribution in [0.25, 0.3) is 11.0 Å². The van der Waals surface area contributed by atoms with E-state index in [1.54, 1.807) is 5.01 Å². The number of anilines is 1. The van der Waals surface area contributed by atoms with E-state index >= 15 is 0 Å². The number of nitrogens with one attached hydrogen (secondary N) is 1. The summed E-state index contributed by atoms with van der Waals surface area (Å²) in [5.41, 5.74) is 2.89. The van der Waals surface area contributed by atoms with Crippen molar-refractivity contribution in [1.82, 2.24) is 25.0 Å². The van der Waals surface area contributed by atoms with Gasteiger partial charge in [0.2, 0.25) is 0 Å². The number of halogens is 2. The maximum atomic E-state index is 12.6. The van der Waals surface area contributed by atoms with Gasteiger partial charge in [-0.2, -0.15) is 0 Å². The molecule has 0 fully saturated rings. The summed E-state index contributed by atoms with van der Waals surface area (Å²) in [6.45, 7) is 7.66. The molecular weight excluding hydrogens is 420 g/mol. The van der Waals surface area contributed by atoms with Gasteiger partial charge in [0, 0.05) is 20.6 Å². The minimum absolute atomic E-state index is 0.0870. The number of benzene rings is 1. The Kier molecular flexibility index (Phi) is 5.02. The Hall–Kier alpha value is -1.64. The minimum Gasteiger partial charge on any atom is -0.321 e. The standard InChI is InChI=1S/C17H22BrClN6O/c1-17(2,3)9-25-12-7-6-11(13(18)14(12)21-22-25)20-16(26)10-8-23(4)24(5)15(10)19/h6-7H,8-9H2,1-5H3,(H,20,26). The maximum Gasteiger partial charge on any atom is 0.256 e. The number of hydrogen-bond acceptors (Lipinski definition) is 5. The fraction of sp³-hybridized carbons (Fsp3) is 0.471. The number of hydrazine groups is 1. The average Bonchev–Trinajstić information content (AvgIpc) is 3.05. The number of carbonyl (C=O) groups is 1. The summed E-state index contributed by atoms with van der Waals surface area (Å²) < 4.78 is 2.59. The zero-order valence-corrected chi connectivity index (χ0v) is 17.8. The van der Waals surface area contributed by atoms with E-state index in [1.807, 2.05) is 35.9 Å². The van der Waals surface area contributed by atoms with Crippen LogP contribution in [0, 0.1) is 5.41 Å². The number of carbonyl (C=O) groups excluding carboxylic acids is 1. The Morgan fingerprint density at radius 2 is 2.04 bits per heavy atom. The Balaban J connectivity index is 1.88. The van der Waals surface area contributed by atoms with E-state index < -0.39 is 0 Å². The zero-order chi connectivity index (χ0) is 19.2. The monoisotopic (exact) mass is 440 g/mol. The highest BCUT2D eigenvalue weighted by Crippen LogP contribution is 2.32. The molecule has 0 unspecified atom stereocenters.